The Labute approximate surface area is 193 Å². The Hall–Kier alpha value is -1.42. The Balaban J connectivity index is 3.33. The second-order valence-electron chi connectivity index (χ2n) is 7.65. The summed E-state index contributed by atoms with van der Waals surface area (Å²) in [6.45, 7) is 16.8. The smallest absolute Gasteiger partial charge is 0.382 e. The molecule has 0 N–H and O–H groups in total. The van der Waals surface area contributed by atoms with Crippen LogP contribution < -0.4 is 0 Å². The van der Waals surface area contributed by atoms with Gasteiger partial charge in [0, 0.05) is 40.5 Å². The number of methoxy groups -OCH3 is 1. The van der Waals surface area contributed by atoms with Crippen LogP contribution in [0, 0.1) is 0 Å². The molecular formula is C21H41N4O6P. The van der Waals surface area contributed by atoms with Crippen molar-refractivity contribution in [1.29, 1.82) is 0 Å². The Morgan fingerprint density at radius 1 is 1.22 bits per heavy atom. The third-order valence-electron chi connectivity index (χ3n) is 4.91. The molecule has 0 bridgehead atoms. The SMILES string of the molecule is C=CN(C(=C)C)[C@@H]1OC(C)[C@@H](O[P@@](=O)(/N=C(\N(C)C)N(C)CC)OCC)[C@H]1OCCOC. The van der Waals surface area contributed by atoms with Gasteiger partial charge in [-0.25, -0.2) is 4.57 Å². The van der Waals surface area contributed by atoms with Crippen molar-refractivity contribution in [2.75, 3.05) is 54.6 Å². The van der Waals surface area contributed by atoms with Crippen LogP contribution >= 0.6 is 7.75 Å². The first-order valence-electron chi connectivity index (χ1n) is 10.8. The molecule has 5 atom stereocenters. The van der Waals surface area contributed by atoms with Crippen LogP contribution in [0.15, 0.2) is 29.8 Å². The first kappa shape index (κ1) is 28.6. The summed E-state index contributed by atoms with van der Waals surface area (Å²) in [5.41, 5.74) is 0.726. The second-order valence-corrected chi connectivity index (χ2v) is 9.26. The molecular weight excluding hydrogens is 435 g/mol. The molecule has 10 nitrogen and oxygen atoms in total. The van der Waals surface area contributed by atoms with E-state index in [1.54, 1.807) is 30.0 Å². The molecule has 186 valence electrons. The zero-order valence-electron chi connectivity index (χ0n) is 20.8. The van der Waals surface area contributed by atoms with Crippen molar-refractivity contribution >= 4 is 13.7 Å². The van der Waals surface area contributed by atoms with E-state index in [9.17, 15) is 4.57 Å². The van der Waals surface area contributed by atoms with Gasteiger partial charge in [-0.05, 0) is 33.9 Å². The quantitative estimate of drug-likeness (QED) is 0.172. The number of rotatable bonds is 13. The molecule has 0 amide bonds. The van der Waals surface area contributed by atoms with E-state index in [4.69, 9.17) is 23.3 Å². The zero-order valence-corrected chi connectivity index (χ0v) is 21.7. The van der Waals surface area contributed by atoms with E-state index in [0.29, 0.717) is 25.7 Å². The summed E-state index contributed by atoms with van der Waals surface area (Å²) in [5, 5.41) is 0. The summed E-state index contributed by atoms with van der Waals surface area (Å²) in [7, 11) is 3.20. The van der Waals surface area contributed by atoms with Gasteiger partial charge >= 0.3 is 7.75 Å². The molecule has 0 aliphatic carbocycles. The molecule has 0 aromatic carbocycles. The fourth-order valence-electron chi connectivity index (χ4n) is 3.25. The highest BCUT2D eigenvalue weighted by atomic mass is 31.2. The van der Waals surface area contributed by atoms with Gasteiger partial charge in [-0.2, -0.15) is 0 Å². The molecule has 0 radical (unpaired) electrons. The first-order valence-corrected chi connectivity index (χ1v) is 12.3. The lowest BCUT2D eigenvalue weighted by Crippen LogP contribution is -2.43. The van der Waals surface area contributed by atoms with Crippen LogP contribution in [0.2, 0.25) is 0 Å². The summed E-state index contributed by atoms with van der Waals surface area (Å²) in [4.78, 5) is 5.39. The van der Waals surface area contributed by atoms with Gasteiger partial charge in [0.05, 0.1) is 25.9 Å². The van der Waals surface area contributed by atoms with Crippen molar-refractivity contribution in [3.8, 4) is 0 Å². The van der Waals surface area contributed by atoms with Crippen LogP contribution in [-0.4, -0.2) is 99.8 Å². The largest absolute Gasteiger partial charge is 0.457 e. The molecule has 1 fully saturated rings. The van der Waals surface area contributed by atoms with E-state index in [1.165, 1.54) is 0 Å². The average Bonchev–Trinajstić information content (AvgIpc) is 3.01. The highest BCUT2D eigenvalue weighted by molar-refractivity contribution is 7.52. The number of ether oxygens (including phenoxy) is 3. The molecule has 32 heavy (non-hydrogen) atoms. The van der Waals surface area contributed by atoms with Crippen molar-refractivity contribution < 1.29 is 27.8 Å². The lowest BCUT2D eigenvalue weighted by molar-refractivity contribution is -0.0879. The van der Waals surface area contributed by atoms with Crippen LogP contribution in [-0.2, 0) is 27.8 Å². The third-order valence-corrected chi connectivity index (χ3v) is 6.42. The van der Waals surface area contributed by atoms with E-state index in [2.05, 4.69) is 17.9 Å². The highest BCUT2D eigenvalue weighted by Gasteiger charge is 2.50. The lowest BCUT2D eigenvalue weighted by atomic mass is 10.1. The number of guanidine groups is 1. The van der Waals surface area contributed by atoms with Crippen molar-refractivity contribution in [1.82, 2.24) is 14.7 Å². The second kappa shape index (κ2) is 13.3. The number of hydrogen-bond acceptors (Lipinski definition) is 7. The monoisotopic (exact) mass is 476 g/mol. The van der Waals surface area contributed by atoms with Crippen LogP contribution in [0.5, 0.6) is 0 Å². The first-order chi connectivity index (χ1) is 15.0. The van der Waals surface area contributed by atoms with Crippen LogP contribution in [0.4, 0.5) is 0 Å². The standard InChI is InChI=1S/C21H41N4O6P/c1-11-24(9)21(23(7)8)22-32(26,29-13-3)31-18-17(6)30-20(25(12-2)16(4)5)19(18)28-15-14-27-10/h12,17-20H,2,4,11,13-15H2,1,3,5-10H3/b22-21+/t17?,18-,19-,20-,32-/m1/s1. The van der Waals surface area contributed by atoms with E-state index in [1.807, 2.05) is 46.8 Å². The molecule has 1 saturated heterocycles. The van der Waals surface area contributed by atoms with Gasteiger partial charge in [0.15, 0.2) is 6.23 Å². The minimum absolute atomic E-state index is 0.169. The minimum atomic E-state index is -3.90. The summed E-state index contributed by atoms with van der Waals surface area (Å²) < 4.78 is 47.1. The highest BCUT2D eigenvalue weighted by Crippen LogP contribution is 2.53. The average molecular weight is 477 g/mol. The molecule has 0 spiro atoms. The summed E-state index contributed by atoms with van der Waals surface area (Å²) in [6.07, 6.45) is -0.714. The molecule has 11 heteroatoms. The van der Waals surface area contributed by atoms with E-state index in [0.717, 1.165) is 5.70 Å². The Morgan fingerprint density at radius 2 is 1.88 bits per heavy atom. The van der Waals surface area contributed by atoms with Crippen LogP contribution in [0.1, 0.15) is 27.7 Å². The summed E-state index contributed by atoms with van der Waals surface area (Å²) >= 11 is 0. The van der Waals surface area contributed by atoms with Gasteiger partial charge < -0.3 is 28.9 Å². The van der Waals surface area contributed by atoms with Crippen LogP contribution in [0.3, 0.4) is 0 Å². The minimum Gasteiger partial charge on any atom is -0.382 e. The number of allylic oxidation sites excluding steroid dienone is 1. The Bertz CT molecular complexity index is 689. The fourth-order valence-corrected chi connectivity index (χ4v) is 4.90. The van der Waals surface area contributed by atoms with Gasteiger partial charge in [0.1, 0.15) is 12.2 Å². The molecule has 1 aliphatic rings. The van der Waals surface area contributed by atoms with Crippen LogP contribution in [0.25, 0.3) is 0 Å². The normalized spacial score (nSPS) is 25.3. The van der Waals surface area contributed by atoms with Gasteiger partial charge in [-0.15, -0.1) is 4.76 Å². The maximum atomic E-state index is 13.7. The Morgan fingerprint density at radius 3 is 2.34 bits per heavy atom. The number of nitrogens with zero attached hydrogens (tertiary/aromatic N) is 4. The maximum absolute atomic E-state index is 13.7. The molecule has 0 aromatic heterocycles. The predicted molar refractivity (Wildman–Crippen MR) is 126 cm³/mol. The maximum Gasteiger partial charge on any atom is 0.457 e. The van der Waals surface area contributed by atoms with Gasteiger partial charge in [-0.1, -0.05) is 13.2 Å². The molecule has 1 rings (SSSR count). The summed E-state index contributed by atoms with van der Waals surface area (Å²) in [5.74, 6) is 0.485. The Kier molecular flexibility index (Phi) is 11.9. The molecule has 0 saturated carbocycles. The predicted octanol–water partition coefficient (Wildman–Crippen LogP) is 3.14. The van der Waals surface area contributed by atoms with Gasteiger partial charge in [0.25, 0.3) is 0 Å². The topological polar surface area (TPSA) is 85.3 Å². The third kappa shape index (κ3) is 7.57. The van der Waals surface area contributed by atoms with Crippen molar-refractivity contribution in [3.05, 3.63) is 25.1 Å². The summed E-state index contributed by atoms with van der Waals surface area (Å²) in [6, 6.07) is 0. The van der Waals surface area contributed by atoms with Crippen molar-refractivity contribution in [2.45, 2.75) is 52.2 Å². The van der Waals surface area contributed by atoms with E-state index in [-0.39, 0.29) is 6.61 Å². The molecule has 1 aliphatic heterocycles. The molecule has 1 heterocycles. The molecule has 0 aromatic rings. The van der Waals surface area contributed by atoms with Crippen molar-refractivity contribution in [2.24, 2.45) is 4.76 Å². The van der Waals surface area contributed by atoms with E-state index >= 15 is 0 Å². The number of hydrogen-bond donors (Lipinski definition) is 0. The van der Waals surface area contributed by atoms with E-state index < -0.39 is 32.3 Å². The van der Waals surface area contributed by atoms with Gasteiger partial charge in [-0.3, -0.25) is 9.05 Å². The zero-order chi connectivity index (χ0) is 24.5. The van der Waals surface area contributed by atoms with Gasteiger partial charge in [0.2, 0.25) is 5.96 Å². The van der Waals surface area contributed by atoms with Crippen molar-refractivity contribution in [3.63, 3.8) is 0 Å². The molecule has 1 unspecified atom stereocenters. The lowest BCUT2D eigenvalue weighted by Gasteiger charge is -2.32. The fraction of sp³-hybridized carbons (Fsp3) is 0.762.